The third kappa shape index (κ3) is 3.01. The molecule has 0 unspecified atom stereocenters. The van der Waals surface area contributed by atoms with Gasteiger partial charge in [-0.2, -0.15) is 0 Å². The van der Waals surface area contributed by atoms with Crippen molar-refractivity contribution in [3.63, 3.8) is 0 Å². The number of fused-ring (bicyclic) bond motifs is 1. The summed E-state index contributed by atoms with van der Waals surface area (Å²) in [6, 6.07) is 4.52. The number of aromatic nitrogens is 3. The van der Waals surface area contributed by atoms with E-state index < -0.39 is 22.7 Å². The van der Waals surface area contributed by atoms with Crippen LogP contribution in [0.15, 0.2) is 43.3 Å². The lowest BCUT2D eigenvalue weighted by Crippen LogP contribution is -2.42. The van der Waals surface area contributed by atoms with Gasteiger partial charge in [0.2, 0.25) is 0 Å². The highest BCUT2D eigenvalue weighted by molar-refractivity contribution is 6.05. The summed E-state index contributed by atoms with van der Waals surface area (Å²) in [7, 11) is 1.48. The number of carbonyl (C=O) groups is 1. The maximum Gasteiger partial charge on any atom is 0.332 e. The first-order valence-electron chi connectivity index (χ1n) is 8.58. The van der Waals surface area contributed by atoms with Gasteiger partial charge >= 0.3 is 5.69 Å². The van der Waals surface area contributed by atoms with Crippen molar-refractivity contribution in [2.45, 2.75) is 33.5 Å². The molecule has 0 radical (unpaired) electrons. The molecule has 1 amide bonds. The van der Waals surface area contributed by atoms with E-state index in [1.165, 1.54) is 22.4 Å². The molecule has 27 heavy (non-hydrogen) atoms. The fourth-order valence-electron chi connectivity index (χ4n) is 3.13. The molecule has 0 aliphatic carbocycles. The smallest absolute Gasteiger partial charge is 0.332 e. The summed E-state index contributed by atoms with van der Waals surface area (Å²) in [5, 5.41) is 2.68. The molecule has 1 N–H and O–H groups in total. The standard InChI is InChI=1S/C18H20N4O5/c1-4-21-13(23)9-12(15(24)19-10-11-7-6-8-27-11)14-16(21)20(3)18(26)22(5-2)17(14)25/h6-9H,4-5,10H2,1-3H3,(H,19,24). The fraction of sp³-hybridized carbons (Fsp3) is 0.333. The van der Waals surface area contributed by atoms with E-state index in [1.54, 1.807) is 26.0 Å². The zero-order chi connectivity index (χ0) is 19.7. The van der Waals surface area contributed by atoms with E-state index in [-0.39, 0.29) is 36.2 Å². The molecule has 3 aromatic heterocycles. The predicted octanol–water partition coefficient (Wildman–Crippen LogP) is 0.425. The van der Waals surface area contributed by atoms with Crippen LogP contribution in [-0.2, 0) is 26.7 Å². The Morgan fingerprint density at radius 2 is 1.85 bits per heavy atom. The van der Waals surface area contributed by atoms with Crippen LogP contribution in [0.4, 0.5) is 0 Å². The summed E-state index contributed by atoms with van der Waals surface area (Å²) in [4.78, 5) is 50.6. The van der Waals surface area contributed by atoms with Gasteiger partial charge in [0.1, 0.15) is 11.4 Å². The van der Waals surface area contributed by atoms with Crippen LogP contribution in [0.25, 0.3) is 11.0 Å². The number of amides is 1. The van der Waals surface area contributed by atoms with Gasteiger partial charge in [0.15, 0.2) is 0 Å². The number of hydrogen-bond donors (Lipinski definition) is 1. The topological polar surface area (TPSA) is 108 Å². The molecular weight excluding hydrogens is 352 g/mol. The van der Waals surface area contributed by atoms with Gasteiger partial charge in [0, 0.05) is 26.2 Å². The molecule has 0 spiro atoms. The van der Waals surface area contributed by atoms with Crippen molar-refractivity contribution >= 4 is 16.9 Å². The van der Waals surface area contributed by atoms with Gasteiger partial charge in [0.25, 0.3) is 17.0 Å². The Hall–Kier alpha value is -3.36. The molecule has 9 nitrogen and oxygen atoms in total. The molecule has 0 saturated carbocycles. The first-order chi connectivity index (χ1) is 12.9. The second-order valence-electron chi connectivity index (χ2n) is 5.99. The van der Waals surface area contributed by atoms with Gasteiger partial charge in [-0.3, -0.25) is 28.1 Å². The number of nitrogens with one attached hydrogen (secondary N) is 1. The number of furan rings is 1. The summed E-state index contributed by atoms with van der Waals surface area (Å²) >= 11 is 0. The number of hydrogen-bond acceptors (Lipinski definition) is 5. The van der Waals surface area contributed by atoms with E-state index in [9.17, 15) is 19.2 Å². The normalized spacial score (nSPS) is 11.1. The Bertz CT molecular complexity index is 1180. The molecule has 3 aromatic rings. The van der Waals surface area contributed by atoms with Gasteiger partial charge in [-0.1, -0.05) is 0 Å². The lowest BCUT2D eigenvalue weighted by atomic mass is 10.1. The minimum atomic E-state index is -0.596. The highest BCUT2D eigenvalue weighted by Gasteiger charge is 2.21. The summed E-state index contributed by atoms with van der Waals surface area (Å²) in [5.41, 5.74) is -1.52. The van der Waals surface area contributed by atoms with Gasteiger partial charge in [-0.25, -0.2) is 4.79 Å². The van der Waals surface area contributed by atoms with Crippen molar-refractivity contribution in [1.29, 1.82) is 0 Å². The van der Waals surface area contributed by atoms with Crippen molar-refractivity contribution in [2.24, 2.45) is 7.05 Å². The van der Waals surface area contributed by atoms with Crippen LogP contribution in [0.3, 0.4) is 0 Å². The average molecular weight is 372 g/mol. The summed E-state index contributed by atoms with van der Waals surface area (Å²) in [5.74, 6) is -0.0527. The van der Waals surface area contributed by atoms with Crippen LogP contribution < -0.4 is 22.1 Å². The second kappa shape index (κ2) is 7.10. The zero-order valence-electron chi connectivity index (χ0n) is 15.3. The molecule has 142 valence electrons. The molecule has 9 heteroatoms. The third-order valence-corrected chi connectivity index (χ3v) is 4.46. The Balaban J connectivity index is 2.28. The number of aryl methyl sites for hydroxylation is 2. The number of nitrogens with zero attached hydrogens (tertiary/aromatic N) is 3. The van der Waals surface area contributed by atoms with Crippen LogP contribution in [-0.4, -0.2) is 19.6 Å². The van der Waals surface area contributed by atoms with Gasteiger partial charge in [0.05, 0.1) is 23.8 Å². The molecule has 3 heterocycles. The van der Waals surface area contributed by atoms with Crippen molar-refractivity contribution in [2.75, 3.05) is 0 Å². The number of pyridine rings is 1. The lowest BCUT2D eigenvalue weighted by molar-refractivity contribution is 0.0949. The third-order valence-electron chi connectivity index (χ3n) is 4.46. The summed E-state index contributed by atoms with van der Waals surface area (Å²) < 4.78 is 8.75. The summed E-state index contributed by atoms with van der Waals surface area (Å²) in [6.07, 6.45) is 1.48. The largest absolute Gasteiger partial charge is 0.467 e. The van der Waals surface area contributed by atoms with Crippen molar-refractivity contribution in [3.05, 3.63) is 67.0 Å². The minimum Gasteiger partial charge on any atom is -0.467 e. The predicted molar refractivity (Wildman–Crippen MR) is 98.9 cm³/mol. The molecular formula is C18H20N4O5. The van der Waals surface area contributed by atoms with Crippen molar-refractivity contribution in [1.82, 2.24) is 19.0 Å². The average Bonchev–Trinajstić information content (AvgIpc) is 3.17. The molecule has 0 aliphatic heterocycles. The molecule has 0 bridgehead atoms. The van der Waals surface area contributed by atoms with Crippen LogP contribution >= 0.6 is 0 Å². The van der Waals surface area contributed by atoms with Gasteiger partial charge in [-0.15, -0.1) is 0 Å². The van der Waals surface area contributed by atoms with Crippen LogP contribution in [0.1, 0.15) is 30.0 Å². The Morgan fingerprint density at radius 1 is 1.15 bits per heavy atom. The Labute approximate surface area is 153 Å². The van der Waals surface area contributed by atoms with E-state index >= 15 is 0 Å². The lowest BCUT2D eigenvalue weighted by Gasteiger charge is -2.16. The second-order valence-corrected chi connectivity index (χ2v) is 5.99. The molecule has 0 atom stereocenters. The van der Waals surface area contributed by atoms with Gasteiger partial charge in [-0.05, 0) is 26.0 Å². The van der Waals surface area contributed by atoms with Crippen molar-refractivity contribution in [3.8, 4) is 0 Å². The highest BCUT2D eigenvalue weighted by Crippen LogP contribution is 2.12. The maximum atomic E-state index is 12.9. The number of rotatable bonds is 5. The first kappa shape index (κ1) is 18.4. The number of carbonyl (C=O) groups excluding carboxylic acids is 1. The van der Waals surface area contributed by atoms with E-state index in [0.717, 1.165) is 10.6 Å². The molecule has 0 saturated heterocycles. The van der Waals surface area contributed by atoms with Crippen LogP contribution in [0.2, 0.25) is 0 Å². The van der Waals surface area contributed by atoms with Gasteiger partial charge < -0.3 is 9.73 Å². The zero-order valence-corrected chi connectivity index (χ0v) is 15.3. The van der Waals surface area contributed by atoms with E-state index in [1.807, 2.05) is 0 Å². The van der Waals surface area contributed by atoms with E-state index in [2.05, 4.69) is 5.32 Å². The first-order valence-corrected chi connectivity index (χ1v) is 8.58. The molecule has 0 aromatic carbocycles. The Morgan fingerprint density at radius 3 is 2.44 bits per heavy atom. The molecule has 3 rings (SSSR count). The fourth-order valence-corrected chi connectivity index (χ4v) is 3.13. The van der Waals surface area contributed by atoms with Crippen LogP contribution in [0.5, 0.6) is 0 Å². The monoisotopic (exact) mass is 372 g/mol. The molecule has 0 aliphatic rings. The summed E-state index contributed by atoms with van der Waals surface area (Å²) in [6.45, 7) is 3.92. The minimum absolute atomic E-state index is 0.0392. The van der Waals surface area contributed by atoms with Crippen LogP contribution in [0, 0.1) is 0 Å². The SMILES string of the molecule is CCn1c(=O)c2c(C(=O)NCc3ccco3)cc(=O)n(CC)c2n(C)c1=O. The van der Waals surface area contributed by atoms with E-state index in [4.69, 9.17) is 4.42 Å². The Kier molecular flexibility index (Phi) is 4.85. The quantitative estimate of drug-likeness (QED) is 0.698. The van der Waals surface area contributed by atoms with Crippen molar-refractivity contribution < 1.29 is 9.21 Å². The molecule has 0 fully saturated rings. The highest BCUT2D eigenvalue weighted by atomic mass is 16.3. The van der Waals surface area contributed by atoms with E-state index in [0.29, 0.717) is 5.76 Å². The maximum absolute atomic E-state index is 12.9.